The Labute approximate surface area is 99.5 Å². The van der Waals surface area contributed by atoms with Crippen LogP contribution in [-0.2, 0) is 11.3 Å². The number of imidazole rings is 1. The summed E-state index contributed by atoms with van der Waals surface area (Å²) in [6.07, 6.45) is 1.78. The number of carboxylic acid groups (broad SMARTS) is 1. The molecule has 0 aliphatic carbocycles. The third-order valence-corrected chi connectivity index (χ3v) is 3.09. The standard InChI is InChI=1S/C10H17N3O2S/c1-8-6-11-10(16-7-9(14)15)13(8)5-4-12(2)3/h6H,4-5,7H2,1-3H3,(H,14,15). The van der Waals surface area contributed by atoms with Crippen molar-refractivity contribution in [3.8, 4) is 0 Å². The molecule has 0 aliphatic rings. The molecule has 5 nitrogen and oxygen atoms in total. The second-order valence-corrected chi connectivity index (χ2v) is 4.76. The van der Waals surface area contributed by atoms with Gasteiger partial charge in [-0.25, -0.2) is 4.98 Å². The molecule has 0 amide bonds. The zero-order chi connectivity index (χ0) is 12.1. The summed E-state index contributed by atoms with van der Waals surface area (Å²) in [5.41, 5.74) is 1.06. The molecule has 0 fully saturated rings. The first-order valence-electron chi connectivity index (χ1n) is 5.02. The van der Waals surface area contributed by atoms with Crippen molar-refractivity contribution in [3.63, 3.8) is 0 Å². The molecular formula is C10H17N3O2S. The van der Waals surface area contributed by atoms with Crippen LogP contribution >= 0.6 is 11.8 Å². The van der Waals surface area contributed by atoms with E-state index in [1.54, 1.807) is 6.20 Å². The Morgan fingerprint density at radius 3 is 2.88 bits per heavy atom. The van der Waals surface area contributed by atoms with Crippen molar-refractivity contribution >= 4 is 17.7 Å². The normalized spacial score (nSPS) is 11.0. The molecule has 0 unspecified atom stereocenters. The van der Waals surface area contributed by atoms with Gasteiger partial charge in [-0.05, 0) is 21.0 Å². The molecule has 0 bridgehead atoms. The molecule has 0 aromatic carbocycles. The lowest BCUT2D eigenvalue weighted by Gasteiger charge is -2.13. The van der Waals surface area contributed by atoms with Gasteiger partial charge in [-0.2, -0.15) is 0 Å². The van der Waals surface area contributed by atoms with Gasteiger partial charge in [0.1, 0.15) is 0 Å². The predicted octanol–water partition coefficient (Wildman–Crippen LogP) is 0.930. The van der Waals surface area contributed by atoms with Gasteiger partial charge in [-0.1, -0.05) is 11.8 Å². The number of aliphatic carboxylic acids is 1. The van der Waals surface area contributed by atoms with E-state index in [0.29, 0.717) is 0 Å². The van der Waals surface area contributed by atoms with E-state index < -0.39 is 5.97 Å². The fraction of sp³-hybridized carbons (Fsp3) is 0.600. The molecule has 0 radical (unpaired) electrons. The minimum absolute atomic E-state index is 0.0540. The first-order valence-corrected chi connectivity index (χ1v) is 6.00. The Morgan fingerprint density at radius 2 is 2.31 bits per heavy atom. The number of carboxylic acids is 1. The van der Waals surface area contributed by atoms with E-state index in [1.807, 2.05) is 25.6 Å². The minimum Gasteiger partial charge on any atom is -0.481 e. The summed E-state index contributed by atoms with van der Waals surface area (Å²) in [5.74, 6) is -0.761. The van der Waals surface area contributed by atoms with Crippen LogP contribution in [0.2, 0.25) is 0 Å². The van der Waals surface area contributed by atoms with Crippen LogP contribution in [0.4, 0.5) is 0 Å². The van der Waals surface area contributed by atoms with Crippen molar-refractivity contribution in [3.05, 3.63) is 11.9 Å². The maximum atomic E-state index is 10.5. The minimum atomic E-state index is -0.815. The van der Waals surface area contributed by atoms with E-state index >= 15 is 0 Å². The van der Waals surface area contributed by atoms with Crippen LogP contribution in [0.1, 0.15) is 5.69 Å². The Bertz CT molecular complexity index is 363. The summed E-state index contributed by atoms with van der Waals surface area (Å²) < 4.78 is 2.05. The van der Waals surface area contributed by atoms with Gasteiger partial charge < -0.3 is 14.6 Å². The maximum absolute atomic E-state index is 10.5. The lowest BCUT2D eigenvalue weighted by Crippen LogP contribution is -2.19. The van der Waals surface area contributed by atoms with Crippen molar-refractivity contribution in [2.75, 3.05) is 26.4 Å². The molecule has 1 rings (SSSR count). The van der Waals surface area contributed by atoms with Gasteiger partial charge in [0, 0.05) is 25.0 Å². The van der Waals surface area contributed by atoms with Gasteiger partial charge in [-0.3, -0.25) is 4.79 Å². The van der Waals surface area contributed by atoms with Gasteiger partial charge in [0.05, 0.1) is 5.75 Å². The third-order valence-electron chi connectivity index (χ3n) is 2.11. The second kappa shape index (κ2) is 5.91. The topological polar surface area (TPSA) is 58.4 Å². The van der Waals surface area contributed by atoms with E-state index in [4.69, 9.17) is 5.11 Å². The molecule has 6 heteroatoms. The molecule has 0 atom stereocenters. The number of likely N-dealkylation sites (N-methyl/N-ethyl adjacent to an activating group) is 1. The van der Waals surface area contributed by atoms with E-state index in [0.717, 1.165) is 23.9 Å². The quantitative estimate of drug-likeness (QED) is 0.753. The summed E-state index contributed by atoms with van der Waals surface area (Å²) in [6, 6.07) is 0. The molecular weight excluding hydrogens is 226 g/mol. The van der Waals surface area contributed by atoms with Crippen LogP contribution in [0.3, 0.4) is 0 Å². The van der Waals surface area contributed by atoms with Crippen LogP contribution in [0.5, 0.6) is 0 Å². The van der Waals surface area contributed by atoms with E-state index in [9.17, 15) is 4.79 Å². The predicted molar refractivity (Wildman–Crippen MR) is 63.9 cm³/mol. The van der Waals surface area contributed by atoms with E-state index in [1.165, 1.54) is 11.8 Å². The number of thioether (sulfide) groups is 1. The molecule has 1 aromatic rings. The van der Waals surface area contributed by atoms with Crippen LogP contribution in [0.25, 0.3) is 0 Å². The Balaban J connectivity index is 2.65. The molecule has 1 N–H and O–H groups in total. The molecule has 0 saturated carbocycles. The highest BCUT2D eigenvalue weighted by Gasteiger charge is 2.09. The van der Waals surface area contributed by atoms with Gasteiger partial charge in [-0.15, -0.1) is 0 Å². The lowest BCUT2D eigenvalue weighted by atomic mass is 10.5. The van der Waals surface area contributed by atoms with Crippen molar-refractivity contribution in [2.24, 2.45) is 0 Å². The molecule has 16 heavy (non-hydrogen) atoms. The second-order valence-electron chi connectivity index (χ2n) is 3.82. The van der Waals surface area contributed by atoms with Gasteiger partial charge >= 0.3 is 5.97 Å². The first-order chi connectivity index (χ1) is 7.50. The zero-order valence-corrected chi connectivity index (χ0v) is 10.6. The first kappa shape index (κ1) is 13.1. The third kappa shape index (κ3) is 3.86. The summed E-state index contributed by atoms with van der Waals surface area (Å²) in [6.45, 7) is 3.73. The lowest BCUT2D eigenvalue weighted by molar-refractivity contribution is -0.133. The molecule has 0 aliphatic heterocycles. The maximum Gasteiger partial charge on any atom is 0.313 e. The van der Waals surface area contributed by atoms with Crippen molar-refractivity contribution in [1.29, 1.82) is 0 Å². The number of hydrogen-bond acceptors (Lipinski definition) is 4. The van der Waals surface area contributed by atoms with Gasteiger partial charge in [0.15, 0.2) is 5.16 Å². The summed E-state index contributed by atoms with van der Waals surface area (Å²) >= 11 is 1.26. The average molecular weight is 243 g/mol. The number of rotatable bonds is 6. The van der Waals surface area contributed by atoms with E-state index in [-0.39, 0.29) is 5.75 Å². The molecule has 1 heterocycles. The summed E-state index contributed by atoms with van der Waals surface area (Å²) in [7, 11) is 4.02. The van der Waals surface area contributed by atoms with E-state index in [2.05, 4.69) is 9.88 Å². The molecule has 0 saturated heterocycles. The highest BCUT2D eigenvalue weighted by Crippen LogP contribution is 2.17. The molecule has 0 spiro atoms. The van der Waals surface area contributed by atoms with Crippen LogP contribution < -0.4 is 0 Å². The Kier molecular flexibility index (Phi) is 4.82. The molecule has 90 valence electrons. The van der Waals surface area contributed by atoms with Gasteiger partial charge in [0.2, 0.25) is 0 Å². The number of carbonyl (C=O) groups is 1. The Morgan fingerprint density at radius 1 is 1.62 bits per heavy atom. The smallest absolute Gasteiger partial charge is 0.313 e. The zero-order valence-electron chi connectivity index (χ0n) is 9.80. The fourth-order valence-corrected chi connectivity index (χ4v) is 2.02. The fourth-order valence-electron chi connectivity index (χ4n) is 1.25. The monoisotopic (exact) mass is 243 g/mol. The Hall–Kier alpha value is -1.01. The highest BCUT2D eigenvalue weighted by molar-refractivity contribution is 7.99. The van der Waals surface area contributed by atoms with Gasteiger partial charge in [0.25, 0.3) is 0 Å². The van der Waals surface area contributed by atoms with Crippen LogP contribution in [-0.4, -0.2) is 51.9 Å². The summed E-state index contributed by atoms with van der Waals surface area (Å²) in [4.78, 5) is 16.8. The van der Waals surface area contributed by atoms with Crippen molar-refractivity contribution in [2.45, 2.75) is 18.6 Å². The number of aryl methyl sites for hydroxylation is 1. The SMILES string of the molecule is Cc1cnc(SCC(=O)O)n1CCN(C)C. The largest absolute Gasteiger partial charge is 0.481 e. The number of aromatic nitrogens is 2. The number of nitrogens with zero attached hydrogens (tertiary/aromatic N) is 3. The van der Waals surface area contributed by atoms with Crippen molar-refractivity contribution < 1.29 is 9.90 Å². The summed E-state index contributed by atoms with van der Waals surface area (Å²) in [5, 5.41) is 9.40. The van der Waals surface area contributed by atoms with Crippen LogP contribution in [0.15, 0.2) is 11.4 Å². The van der Waals surface area contributed by atoms with Crippen LogP contribution in [0, 0.1) is 6.92 Å². The molecule has 1 aromatic heterocycles. The van der Waals surface area contributed by atoms with Crippen molar-refractivity contribution in [1.82, 2.24) is 14.5 Å². The highest BCUT2D eigenvalue weighted by atomic mass is 32.2. The number of hydrogen-bond donors (Lipinski definition) is 1. The average Bonchev–Trinajstić information content (AvgIpc) is 2.53.